The SMILES string of the molecule is CCOc1ccccc1NC(=O)Nc1c(C)nn(Cc2ccccc2C)c1C. The minimum absolute atomic E-state index is 0.325. The van der Waals surface area contributed by atoms with Gasteiger partial charge in [0.25, 0.3) is 0 Å². The van der Waals surface area contributed by atoms with Crippen LogP contribution in [0.2, 0.25) is 0 Å². The highest BCUT2D eigenvalue weighted by Crippen LogP contribution is 2.25. The molecule has 28 heavy (non-hydrogen) atoms. The van der Waals surface area contributed by atoms with E-state index in [4.69, 9.17) is 4.74 Å². The second-order valence-electron chi connectivity index (χ2n) is 6.64. The van der Waals surface area contributed by atoms with Crippen LogP contribution in [-0.2, 0) is 6.54 Å². The van der Waals surface area contributed by atoms with Crippen molar-refractivity contribution >= 4 is 17.4 Å². The lowest BCUT2D eigenvalue weighted by Crippen LogP contribution is -2.20. The largest absolute Gasteiger partial charge is 0.492 e. The Balaban J connectivity index is 1.75. The highest BCUT2D eigenvalue weighted by Gasteiger charge is 2.16. The van der Waals surface area contributed by atoms with E-state index in [1.165, 1.54) is 11.1 Å². The van der Waals surface area contributed by atoms with Crippen LogP contribution in [0, 0.1) is 20.8 Å². The van der Waals surface area contributed by atoms with E-state index in [1.807, 2.05) is 61.9 Å². The lowest BCUT2D eigenvalue weighted by atomic mass is 10.1. The number of rotatable bonds is 6. The number of anilines is 2. The number of carbonyl (C=O) groups excluding carboxylic acids is 1. The fraction of sp³-hybridized carbons (Fsp3) is 0.273. The number of benzene rings is 2. The van der Waals surface area contributed by atoms with E-state index in [2.05, 4.69) is 34.8 Å². The van der Waals surface area contributed by atoms with Crippen molar-refractivity contribution in [2.45, 2.75) is 34.2 Å². The molecule has 0 saturated carbocycles. The zero-order valence-electron chi connectivity index (χ0n) is 16.7. The van der Waals surface area contributed by atoms with Crippen molar-refractivity contribution in [1.82, 2.24) is 9.78 Å². The molecule has 3 rings (SSSR count). The molecular weight excluding hydrogens is 352 g/mol. The summed E-state index contributed by atoms with van der Waals surface area (Å²) >= 11 is 0. The Morgan fingerprint density at radius 2 is 1.75 bits per heavy atom. The zero-order valence-corrected chi connectivity index (χ0v) is 16.7. The monoisotopic (exact) mass is 378 g/mol. The van der Waals surface area contributed by atoms with Crippen LogP contribution in [-0.4, -0.2) is 22.4 Å². The predicted molar refractivity (Wildman–Crippen MR) is 112 cm³/mol. The van der Waals surface area contributed by atoms with Gasteiger partial charge in [0.15, 0.2) is 0 Å². The zero-order chi connectivity index (χ0) is 20.1. The third kappa shape index (κ3) is 4.34. The van der Waals surface area contributed by atoms with Crippen LogP contribution in [0.1, 0.15) is 29.4 Å². The molecule has 1 aromatic heterocycles. The molecule has 0 fully saturated rings. The first-order chi connectivity index (χ1) is 13.5. The molecule has 0 spiro atoms. The molecule has 0 aliphatic heterocycles. The van der Waals surface area contributed by atoms with Crippen LogP contribution < -0.4 is 15.4 Å². The Morgan fingerprint density at radius 3 is 2.50 bits per heavy atom. The van der Waals surface area contributed by atoms with Gasteiger partial charge in [0.05, 0.1) is 35.9 Å². The van der Waals surface area contributed by atoms with Gasteiger partial charge in [-0.3, -0.25) is 4.68 Å². The average molecular weight is 378 g/mol. The summed E-state index contributed by atoms with van der Waals surface area (Å²) in [7, 11) is 0. The molecule has 0 saturated heterocycles. The summed E-state index contributed by atoms with van der Waals surface area (Å²) in [6.07, 6.45) is 0. The van der Waals surface area contributed by atoms with Gasteiger partial charge in [0.1, 0.15) is 5.75 Å². The Labute approximate surface area is 165 Å². The first kappa shape index (κ1) is 19.5. The maximum atomic E-state index is 12.5. The maximum Gasteiger partial charge on any atom is 0.323 e. The van der Waals surface area contributed by atoms with Crippen LogP contribution in [0.5, 0.6) is 5.75 Å². The van der Waals surface area contributed by atoms with Gasteiger partial charge in [-0.1, -0.05) is 36.4 Å². The molecule has 0 unspecified atom stereocenters. The van der Waals surface area contributed by atoms with Gasteiger partial charge in [0.2, 0.25) is 0 Å². The molecule has 2 N–H and O–H groups in total. The van der Waals surface area contributed by atoms with Gasteiger partial charge in [-0.25, -0.2) is 4.79 Å². The van der Waals surface area contributed by atoms with Gasteiger partial charge in [-0.2, -0.15) is 5.10 Å². The van der Waals surface area contributed by atoms with Crippen molar-refractivity contribution in [3.63, 3.8) is 0 Å². The molecule has 0 atom stereocenters. The molecule has 0 aliphatic rings. The van der Waals surface area contributed by atoms with E-state index in [0.717, 1.165) is 17.1 Å². The van der Waals surface area contributed by atoms with Crippen LogP contribution in [0.25, 0.3) is 0 Å². The summed E-state index contributed by atoms with van der Waals surface area (Å²) in [5.41, 5.74) is 5.46. The number of urea groups is 1. The number of aryl methyl sites for hydroxylation is 2. The van der Waals surface area contributed by atoms with Crippen molar-refractivity contribution in [3.05, 3.63) is 71.0 Å². The molecule has 1 heterocycles. The number of hydrogen-bond acceptors (Lipinski definition) is 3. The van der Waals surface area contributed by atoms with Crippen molar-refractivity contribution in [2.75, 3.05) is 17.2 Å². The normalized spacial score (nSPS) is 10.6. The van der Waals surface area contributed by atoms with Gasteiger partial charge in [-0.05, 0) is 51.0 Å². The van der Waals surface area contributed by atoms with E-state index < -0.39 is 0 Å². The van der Waals surface area contributed by atoms with E-state index >= 15 is 0 Å². The molecule has 2 aromatic carbocycles. The van der Waals surface area contributed by atoms with E-state index in [9.17, 15) is 4.79 Å². The number of para-hydroxylation sites is 2. The van der Waals surface area contributed by atoms with Crippen molar-refractivity contribution in [3.8, 4) is 5.75 Å². The molecule has 6 nitrogen and oxygen atoms in total. The number of carbonyl (C=O) groups is 1. The number of amides is 2. The molecule has 146 valence electrons. The van der Waals surface area contributed by atoms with Gasteiger partial charge >= 0.3 is 6.03 Å². The second-order valence-corrected chi connectivity index (χ2v) is 6.64. The van der Waals surface area contributed by atoms with Crippen molar-refractivity contribution in [1.29, 1.82) is 0 Å². The summed E-state index contributed by atoms with van der Waals surface area (Å²) < 4.78 is 7.48. The van der Waals surface area contributed by atoms with Crippen molar-refractivity contribution < 1.29 is 9.53 Å². The minimum atomic E-state index is -0.325. The average Bonchev–Trinajstić information content (AvgIpc) is 2.93. The molecule has 0 bridgehead atoms. The topological polar surface area (TPSA) is 68.2 Å². The molecular formula is C22H26N4O2. The van der Waals surface area contributed by atoms with E-state index in [-0.39, 0.29) is 6.03 Å². The lowest BCUT2D eigenvalue weighted by molar-refractivity contribution is 0.262. The maximum absolute atomic E-state index is 12.5. The van der Waals surface area contributed by atoms with Gasteiger partial charge in [-0.15, -0.1) is 0 Å². The van der Waals surface area contributed by atoms with Crippen LogP contribution in [0.3, 0.4) is 0 Å². The first-order valence-corrected chi connectivity index (χ1v) is 9.38. The predicted octanol–water partition coefficient (Wildman–Crippen LogP) is 4.90. The Hall–Kier alpha value is -3.28. The number of aromatic nitrogens is 2. The third-order valence-corrected chi connectivity index (χ3v) is 4.64. The Morgan fingerprint density at radius 1 is 1.04 bits per heavy atom. The number of nitrogens with one attached hydrogen (secondary N) is 2. The second kappa shape index (κ2) is 8.61. The summed E-state index contributed by atoms with van der Waals surface area (Å²) in [5, 5.41) is 10.4. The molecule has 3 aromatic rings. The van der Waals surface area contributed by atoms with Crippen LogP contribution in [0.4, 0.5) is 16.2 Å². The summed E-state index contributed by atoms with van der Waals surface area (Å²) in [4.78, 5) is 12.5. The van der Waals surface area contributed by atoms with Crippen molar-refractivity contribution in [2.24, 2.45) is 0 Å². The van der Waals surface area contributed by atoms with Gasteiger partial charge in [0, 0.05) is 0 Å². The molecule has 0 aliphatic carbocycles. The standard InChI is InChI=1S/C22H26N4O2/c1-5-28-20-13-9-8-12-19(20)23-22(27)24-21-16(3)25-26(17(21)4)14-18-11-7-6-10-15(18)2/h6-13H,5,14H2,1-4H3,(H2,23,24,27). The molecule has 0 radical (unpaired) electrons. The Kier molecular flexibility index (Phi) is 5.99. The molecule has 6 heteroatoms. The Bertz CT molecular complexity index is 978. The fourth-order valence-corrected chi connectivity index (χ4v) is 3.10. The van der Waals surface area contributed by atoms with Crippen LogP contribution in [0.15, 0.2) is 48.5 Å². The highest BCUT2D eigenvalue weighted by atomic mass is 16.5. The van der Waals surface area contributed by atoms with E-state index in [1.54, 1.807) is 0 Å². The summed E-state index contributed by atoms with van der Waals surface area (Å²) in [5.74, 6) is 0.642. The fourth-order valence-electron chi connectivity index (χ4n) is 3.10. The lowest BCUT2D eigenvalue weighted by Gasteiger charge is -2.12. The third-order valence-electron chi connectivity index (χ3n) is 4.64. The number of hydrogen-bond donors (Lipinski definition) is 2. The number of ether oxygens (including phenoxy) is 1. The number of nitrogens with zero attached hydrogens (tertiary/aromatic N) is 2. The summed E-state index contributed by atoms with van der Waals surface area (Å²) in [6.45, 7) is 9.04. The first-order valence-electron chi connectivity index (χ1n) is 9.38. The minimum Gasteiger partial charge on any atom is -0.492 e. The summed E-state index contributed by atoms with van der Waals surface area (Å²) in [6, 6.07) is 15.3. The molecule has 2 amide bonds. The highest BCUT2D eigenvalue weighted by molar-refractivity contribution is 6.01. The van der Waals surface area contributed by atoms with E-state index in [0.29, 0.717) is 24.6 Å². The van der Waals surface area contributed by atoms with Crippen LogP contribution >= 0.6 is 0 Å². The quantitative estimate of drug-likeness (QED) is 0.641. The smallest absolute Gasteiger partial charge is 0.323 e. The van der Waals surface area contributed by atoms with Gasteiger partial charge < -0.3 is 15.4 Å².